The SMILES string of the molecule is C=C(C)Cn1c(=O)c2c(nc3n2C[C@H](C)CN3c2cccc(Cl)c2C)n(C)c1=O. The van der Waals surface area contributed by atoms with Crippen molar-refractivity contribution in [3.8, 4) is 0 Å². The molecule has 0 spiro atoms. The van der Waals surface area contributed by atoms with Gasteiger partial charge < -0.3 is 9.47 Å². The van der Waals surface area contributed by atoms with Crippen LogP contribution in [-0.2, 0) is 20.1 Å². The molecule has 3 aromatic rings. The fraction of sp³-hybridized carbons (Fsp3) is 0.381. The molecule has 152 valence electrons. The molecule has 7 nitrogen and oxygen atoms in total. The zero-order chi connectivity index (χ0) is 21.0. The number of nitrogens with zero attached hydrogens (tertiary/aromatic N) is 5. The molecule has 0 bridgehead atoms. The lowest BCUT2D eigenvalue weighted by Crippen LogP contribution is -2.40. The first-order valence-electron chi connectivity index (χ1n) is 9.57. The summed E-state index contributed by atoms with van der Waals surface area (Å²) in [5.74, 6) is 0.938. The van der Waals surface area contributed by atoms with Crippen molar-refractivity contribution in [2.24, 2.45) is 13.0 Å². The summed E-state index contributed by atoms with van der Waals surface area (Å²) >= 11 is 6.35. The lowest BCUT2D eigenvalue weighted by molar-refractivity contribution is 0.457. The molecule has 8 heteroatoms. The molecule has 0 fully saturated rings. The highest BCUT2D eigenvalue weighted by Gasteiger charge is 2.30. The molecule has 3 heterocycles. The zero-order valence-corrected chi connectivity index (χ0v) is 17.8. The number of allylic oxidation sites excluding steroid dienone is 1. The number of aryl methyl sites for hydroxylation is 1. The van der Waals surface area contributed by atoms with Gasteiger partial charge in [0.25, 0.3) is 5.56 Å². The fourth-order valence-corrected chi connectivity index (χ4v) is 4.18. The molecule has 0 saturated carbocycles. The van der Waals surface area contributed by atoms with Gasteiger partial charge in [-0.1, -0.05) is 36.7 Å². The maximum Gasteiger partial charge on any atom is 0.332 e. The molecule has 1 atom stereocenters. The Bertz CT molecular complexity index is 1270. The highest BCUT2D eigenvalue weighted by molar-refractivity contribution is 6.31. The summed E-state index contributed by atoms with van der Waals surface area (Å²) in [5, 5.41) is 0.680. The number of rotatable bonds is 3. The summed E-state index contributed by atoms with van der Waals surface area (Å²) < 4.78 is 4.60. The summed E-state index contributed by atoms with van der Waals surface area (Å²) in [6, 6.07) is 5.77. The molecule has 0 unspecified atom stereocenters. The molecule has 29 heavy (non-hydrogen) atoms. The van der Waals surface area contributed by atoms with E-state index in [4.69, 9.17) is 16.6 Å². The molecule has 0 radical (unpaired) electrons. The summed E-state index contributed by atoms with van der Waals surface area (Å²) in [5.41, 5.74) is 2.77. The van der Waals surface area contributed by atoms with Crippen LogP contribution in [0.4, 0.5) is 11.6 Å². The molecule has 1 aromatic carbocycles. The van der Waals surface area contributed by atoms with E-state index in [9.17, 15) is 9.59 Å². The van der Waals surface area contributed by atoms with Gasteiger partial charge in [-0.15, -0.1) is 0 Å². The van der Waals surface area contributed by atoms with Gasteiger partial charge in [-0.05, 0) is 37.5 Å². The maximum atomic E-state index is 13.2. The van der Waals surface area contributed by atoms with E-state index in [0.717, 1.165) is 23.4 Å². The molecule has 4 rings (SSSR count). The van der Waals surface area contributed by atoms with Crippen LogP contribution >= 0.6 is 11.6 Å². The van der Waals surface area contributed by atoms with Crippen molar-refractivity contribution >= 4 is 34.4 Å². The van der Waals surface area contributed by atoms with E-state index >= 15 is 0 Å². The number of fused-ring (bicyclic) bond motifs is 3. The summed E-state index contributed by atoms with van der Waals surface area (Å²) in [6.45, 7) is 11.3. The Labute approximate surface area is 173 Å². The van der Waals surface area contributed by atoms with E-state index in [2.05, 4.69) is 18.4 Å². The fourth-order valence-electron chi connectivity index (χ4n) is 4.01. The molecular formula is C21H24ClN5O2. The predicted octanol–water partition coefficient (Wildman–Crippen LogP) is 3.22. The lowest BCUT2D eigenvalue weighted by atomic mass is 10.1. The van der Waals surface area contributed by atoms with Gasteiger partial charge in [0.2, 0.25) is 5.95 Å². The van der Waals surface area contributed by atoms with Crippen molar-refractivity contribution < 1.29 is 0 Å². The van der Waals surface area contributed by atoms with Gasteiger partial charge in [-0.2, -0.15) is 4.98 Å². The third-order valence-corrected chi connectivity index (χ3v) is 5.81. The molecule has 1 aliphatic heterocycles. The Morgan fingerprint density at radius 1 is 1.31 bits per heavy atom. The minimum atomic E-state index is -0.389. The number of hydrogen-bond acceptors (Lipinski definition) is 4. The van der Waals surface area contributed by atoms with E-state index in [1.807, 2.05) is 29.7 Å². The van der Waals surface area contributed by atoms with Crippen molar-refractivity contribution in [1.29, 1.82) is 0 Å². The second kappa shape index (κ2) is 6.91. The van der Waals surface area contributed by atoms with E-state index in [0.29, 0.717) is 28.7 Å². The van der Waals surface area contributed by atoms with E-state index in [1.165, 1.54) is 9.13 Å². The van der Waals surface area contributed by atoms with Crippen LogP contribution in [0.2, 0.25) is 5.02 Å². The Kier molecular flexibility index (Phi) is 4.65. The highest BCUT2D eigenvalue weighted by atomic mass is 35.5. The van der Waals surface area contributed by atoms with E-state index in [-0.39, 0.29) is 23.7 Å². The molecule has 0 N–H and O–H groups in total. The van der Waals surface area contributed by atoms with Crippen molar-refractivity contribution in [2.45, 2.75) is 33.9 Å². The highest BCUT2D eigenvalue weighted by Crippen LogP contribution is 2.36. The van der Waals surface area contributed by atoms with Crippen LogP contribution < -0.4 is 16.1 Å². The standard InChI is InChI=1S/C21H24ClN5O2/c1-12(2)9-27-19(28)17-18(24(5)21(27)29)23-20-25(10-13(3)11-26(17)20)16-8-6-7-15(22)14(16)4/h6-8,13H,1,9-11H2,2-5H3/t13-/m1/s1. The smallest absolute Gasteiger partial charge is 0.311 e. The quantitative estimate of drug-likeness (QED) is 0.618. The number of benzene rings is 1. The van der Waals surface area contributed by atoms with Crippen molar-refractivity contribution in [3.63, 3.8) is 0 Å². The second-order valence-corrected chi connectivity index (χ2v) is 8.39. The van der Waals surface area contributed by atoms with Crippen LogP contribution in [0.15, 0.2) is 39.9 Å². The van der Waals surface area contributed by atoms with Gasteiger partial charge in [0.1, 0.15) is 0 Å². The third-order valence-electron chi connectivity index (χ3n) is 5.40. The first kappa shape index (κ1) is 19.5. The number of hydrogen-bond donors (Lipinski definition) is 0. The normalized spacial score (nSPS) is 16.3. The lowest BCUT2D eigenvalue weighted by Gasteiger charge is -2.34. The van der Waals surface area contributed by atoms with Crippen LogP contribution in [0.3, 0.4) is 0 Å². The minimum absolute atomic E-state index is 0.189. The molecule has 1 aliphatic rings. The van der Waals surface area contributed by atoms with Gasteiger partial charge in [-0.3, -0.25) is 13.9 Å². The van der Waals surface area contributed by atoms with Gasteiger partial charge >= 0.3 is 5.69 Å². The Hall–Kier alpha value is -2.80. The summed E-state index contributed by atoms with van der Waals surface area (Å²) in [4.78, 5) is 32.8. The predicted molar refractivity (Wildman–Crippen MR) is 116 cm³/mol. The zero-order valence-electron chi connectivity index (χ0n) is 17.1. The number of anilines is 2. The first-order valence-corrected chi connectivity index (χ1v) is 9.95. The van der Waals surface area contributed by atoms with E-state index in [1.54, 1.807) is 14.0 Å². The van der Waals surface area contributed by atoms with Crippen LogP contribution in [-0.4, -0.2) is 25.2 Å². The average molecular weight is 414 g/mol. The van der Waals surface area contributed by atoms with Gasteiger partial charge in [-0.25, -0.2) is 4.79 Å². The molecule has 0 saturated heterocycles. The van der Waals surface area contributed by atoms with Crippen LogP contribution in [0.5, 0.6) is 0 Å². The average Bonchev–Trinajstić information content (AvgIpc) is 3.04. The number of imidazole rings is 1. The van der Waals surface area contributed by atoms with Crippen molar-refractivity contribution in [3.05, 3.63) is 61.8 Å². The number of halogens is 1. The van der Waals surface area contributed by atoms with Gasteiger partial charge in [0.15, 0.2) is 11.2 Å². The maximum absolute atomic E-state index is 13.2. The van der Waals surface area contributed by atoms with Crippen molar-refractivity contribution in [2.75, 3.05) is 11.4 Å². The summed E-state index contributed by atoms with van der Waals surface area (Å²) in [6.07, 6.45) is 0. The summed E-state index contributed by atoms with van der Waals surface area (Å²) in [7, 11) is 1.65. The topological polar surface area (TPSA) is 65.1 Å². The molecule has 0 aliphatic carbocycles. The van der Waals surface area contributed by atoms with Crippen LogP contribution in [0.25, 0.3) is 11.2 Å². The Morgan fingerprint density at radius 2 is 2.03 bits per heavy atom. The Balaban J connectivity index is 2.04. The van der Waals surface area contributed by atoms with Gasteiger partial charge in [0, 0.05) is 30.8 Å². The van der Waals surface area contributed by atoms with Crippen molar-refractivity contribution in [1.82, 2.24) is 18.7 Å². The first-order chi connectivity index (χ1) is 13.7. The number of aromatic nitrogens is 4. The van der Waals surface area contributed by atoms with Crippen LogP contribution in [0.1, 0.15) is 19.4 Å². The molecule has 2 aromatic heterocycles. The van der Waals surface area contributed by atoms with E-state index < -0.39 is 0 Å². The third kappa shape index (κ3) is 3.00. The monoisotopic (exact) mass is 413 g/mol. The molecule has 0 amide bonds. The minimum Gasteiger partial charge on any atom is -0.311 e. The Morgan fingerprint density at radius 3 is 2.72 bits per heavy atom. The van der Waals surface area contributed by atoms with Gasteiger partial charge in [0.05, 0.1) is 6.54 Å². The molecular weight excluding hydrogens is 390 g/mol. The largest absolute Gasteiger partial charge is 0.332 e. The second-order valence-electron chi connectivity index (χ2n) is 7.98. The van der Waals surface area contributed by atoms with Crippen LogP contribution in [0, 0.1) is 12.8 Å².